The summed E-state index contributed by atoms with van der Waals surface area (Å²) in [5.74, 6) is -0.716. The Bertz CT molecular complexity index is 3300. The number of hydrogen-bond acceptors (Lipinski definition) is 14. The predicted molar refractivity (Wildman–Crippen MR) is 285 cm³/mol. The molecule has 2 bridgehead atoms. The Balaban J connectivity index is 0.674. The highest BCUT2D eigenvalue weighted by Crippen LogP contribution is 2.46. The Kier molecular flexibility index (Phi) is 14.6. The maximum absolute atomic E-state index is 17.2. The summed E-state index contributed by atoms with van der Waals surface area (Å²) in [4.78, 5) is 98.4. The minimum atomic E-state index is -1.10. The highest BCUT2D eigenvalue weighted by Gasteiger charge is 2.53. The van der Waals surface area contributed by atoms with E-state index in [9.17, 15) is 28.8 Å². The summed E-state index contributed by atoms with van der Waals surface area (Å²) in [5.41, 5.74) is 0.378. The van der Waals surface area contributed by atoms with Crippen LogP contribution in [0.4, 0.5) is 25.1 Å². The van der Waals surface area contributed by atoms with Crippen molar-refractivity contribution in [1.82, 2.24) is 40.3 Å². The fraction of sp³-hybridized carbons (Fsp3) is 0.466. The van der Waals surface area contributed by atoms with Gasteiger partial charge in [0.15, 0.2) is 5.82 Å². The summed E-state index contributed by atoms with van der Waals surface area (Å²) in [5, 5.41) is 10.1. The third kappa shape index (κ3) is 9.98. The van der Waals surface area contributed by atoms with Crippen molar-refractivity contribution in [3.63, 3.8) is 0 Å². The second-order valence-corrected chi connectivity index (χ2v) is 21.9. The van der Waals surface area contributed by atoms with E-state index < -0.39 is 47.4 Å². The Morgan fingerprint density at radius 3 is 2.49 bits per heavy atom. The normalized spacial score (nSPS) is 23.7. The van der Waals surface area contributed by atoms with Crippen LogP contribution in [0.3, 0.4) is 0 Å². The van der Waals surface area contributed by atoms with Gasteiger partial charge in [0.2, 0.25) is 17.7 Å². The van der Waals surface area contributed by atoms with Crippen LogP contribution in [0.2, 0.25) is 0 Å². The summed E-state index contributed by atoms with van der Waals surface area (Å²) in [7, 11) is 1.72. The number of amides is 6. The van der Waals surface area contributed by atoms with Crippen LogP contribution in [0.1, 0.15) is 117 Å². The van der Waals surface area contributed by atoms with Gasteiger partial charge in [0.05, 0.1) is 33.3 Å². The molecule has 0 spiro atoms. The van der Waals surface area contributed by atoms with Gasteiger partial charge >= 0.3 is 12.1 Å². The quantitative estimate of drug-likeness (QED) is 0.0482. The van der Waals surface area contributed by atoms with Gasteiger partial charge in [-0.25, -0.2) is 13.6 Å². The number of hydrogen-bond donors (Lipinski definition) is 3. The van der Waals surface area contributed by atoms with E-state index in [1.54, 1.807) is 54.5 Å². The van der Waals surface area contributed by atoms with Crippen molar-refractivity contribution in [2.45, 2.75) is 120 Å². The molecule has 8 heterocycles. The van der Waals surface area contributed by atoms with Crippen molar-refractivity contribution in [2.24, 2.45) is 5.92 Å². The molecule has 18 nitrogen and oxygen atoms in total. The van der Waals surface area contributed by atoms with E-state index in [1.807, 2.05) is 0 Å². The molecule has 20 heteroatoms. The number of pyridine rings is 1. The van der Waals surface area contributed by atoms with Crippen molar-refractivity contribution < 1.29 is 47.0 Å². The fourth-order valence-electron chi connectivity index (χ4n) is 12.9. The zero-order chi connectivity index (χ0) is 54.4. The number of terminal acetylenes is 1. The van der Waals surface area contributed by atoms with Gasteiger partial charge in [-0.2, -0.15) is 9.97 Å². The minimum absolute atomic E-state index is 0.00461. The Labute approximate surface area is 450 Å². The monoisotopic (exact) mass is 1060 g/mol. The van der Waals surface area contributed by atoms with Crippen molar-refractivity contribution in [2.75, 3.05) is 56.7 Å². The highest BCUT2D eigenvalue weighted by molar-refractivity contribution is 6.26. The number of rotatable bonds is 17. The molecule has 0 radical (unpaired) electrons. The molecule has 5 saturated heterocycles. The van der Waals surface area contributed by atoms with Crippen LogP contribution in [0.5, 0.6) is 6.01 Å². The van der Waals surface area contributed by atoms with Crippen LogP contribution in [0.25, 0.3) is 32.9 Å². The third-order valence-corrected chi connectivity index (χ3v) is 16.6. The number of nitrogens with zero attached hydrogens (tertiary/aromatic N) is 7. The highest BCUT2D eigenvalue weighted by atomic mass is 19.1. The van der Waals surface area contributed by atoms with E-state index in [1.165, 1.54) is 12.1 Å². The molecule has 0 aliphatic carbocycles. The van der Waals surface area contributed by atoms with E-state index >= 15 is 8.78 Å². The number of fused-ring (bicyclic) bond motifs is 6. The number of unbranched alkanes of at least 4 members (excludes halogenated alkanes) is 4. The molecule has 5 aromatic rings. The largest absolute Gasteiger partial charge is 0.461 e. The first kappa shape index (κ1) is 52.4. The van der Waals surface area contributed by atoms with E-state index in [4.69, 9.17) is 25.9 Å². The number of piperazine rings is 1. The lowest BCUT2D eigenvalue weighted by Crippen LogP contribution is -2.54. The van der Waals surface area contributed by atoms with Crippen LogP contribution in [-0.2, 0) is 19.1 Å². The second-order valence-electron chi connectivity index (χ2n) is 21.9. The minimum Gasteiger partial charge on any atom is -0.461 e. The van der Waals surface area contributed by atoms with Crippen LogP contribution in [0.15, 0.2) is 54.7 Å². The standard InChI is InChI=1S/C58H62F2N10O8/c1-4-38-42(59)20-17-34-12-10-13-39(47(34)38)50-49(60)51-41(27-61-50)52(68-29-35-18-19-36(30-68)62-35)66-56(65-51)78-32-58-24-23-37(69(58)28-33(2)26-58)31-77-57(76)67(3)25-9-7-5-6-8-16-45(71)63-43-15-11-14-40-48(43)55(75)70(54(40)74)44-21-22-46(72)64-53(44)73/h1,10-15,17,20,27,33,35-37,44,62H,5-9,16,18-19,21-26,28-32H2,2-3H3,(H,63,71)(H,64,72,73). The average molecular weight is 1070 g/mol. The first-order valence-corrected chi connectivity index (χ1v) is 27.2. The van der Waals surface area contributed by atoms with Gasteiger partial charge in [0.25, 0.3) is 11.8 Å². The molecular weight excluding hydrogens is 1000 g/mol. The smallest absolute Gasteiger partial charge is 0.409 e. The molecule has 11 rings (SSSR count). The van der Waals surface area contributed by atoms with Gasteiger partial charge in [0, 0.05) is 81.3 Å². The molecule has 3 aromatic carbocycles. The lowest BCUT2D eigenvalue weighted by molar-refractivity contribution is -0.136. The van der Waals surface area contributed by atoms with E-state index in [0.717, 1.165) is 69.2 Å². The number of halogens is 2. The molecule has 3 N–H and O–H groups in total. The van der Waals surface area contributed by atoms with E-state index in [2.05, 4.69) is 43.6 Å². The fourth-order valence-corrected chi connectivity index (χ4v) is 12.9. The lowest BCUT2D eigenvalue weighted by Gasteiger charge is -2.35. The van der Waals surface area contributed by atoms with E-state index in [0.29, 0.717) is 59.5 Å². The summed E-state index contributed by atoms with van der Waals surface area (Å²) in [6.07, 6.45) is 15.5. The molecule has 6 aliphatic heterocycles. The SMILES string of the molecule is C#Cc1c(F)ccc2cccc(-c3ncc4c(N5CC6CCC(C5)N6)nc(OCC56CCC(COC(=O)N(C)CCCCCCCC(=O)Nc7cccc8c7C(=O)N(C7CCC(=O)NC7=O)C8=O)N5CC(C)C6)nc4c3F)c12. The van der Waals surface area contributed by atoms with Crippen LogP contribution in [-0.4, -0.2) is 141 Å². The Hall–Kier alpha value is -7.63. The van der Waals surface area contributed by atoms with Gasteiger partial charge in [-0.1, -0.05) is 62.4 Å². The van der Waals surface area contributed by atoms with Crippen LogP contribution in [0, 0.1) is 29.9 Å². The van der Waals surface area contributed by atoms with Gasteiger partial charge in [-0.05, 0) is 80.9 Å². The number of piperidine rings is 1. The first-order chi connectivity index (χ1) is 37.7. The van der Waals surface area contributed by atoms with Gasteiger partial charge < -0.3 is 29.9 Å². The topological polar surface area (TPSA) is 209 Å². The first-order valence-electron chi connectivity index (χ1n) is 27.2. The third-order valence-electron chi connectivity index (χ3n) is 16.6. The van der Waals surface area contributed by atoms with Gasteiger partial charge in [0.1, 0.15) is 42.1 Å². The molecule has 2 aromatic heterocycles. The van der Waals surface area contributed by atoms with Crippen molar-refractivity contribution >= 4 is 68.8 Å². The summed E-state index contributed by atoms with van der Waals surface area (Å²) in [6.45, 7) is 5.33. The molecule has 406 valence electrons. The molecular formula is C58H62F2N10O8. The average Bonchev–Trinajstić information content (AvgIpc) is 4.22. The summed E-state index contributed by atoms with van der Waals surface area (Å²) < 4.78 is 44.8. The molecule has 6 unspecified atom stereocenters. The molecule has 6 aliphatic rings. The Morgan fingerprint density at radius 2 is 1.69 bits per heavy atom. The van der Waals surface area contributed by atoms with Gasteiger partial charge in [-0.3, -0.25) is 44.1 Å². The molecule has 78 heavy (non-hydrogen) atoms. The molecule has 6 amide bonds. The number of carbonyl (C=O) groups excluding carboxylic acids is 6. The predicted octanol–water partition coefficient (Wildman–Crippen LogP) is 7.12. The van der Waals surface area contributed by atoms with Crippen molar-refractivity contribution in [3.8, 4) is 29.6 Å². The number of benzene rings is 3. The molecule has 6 atom stereocenters. The maximum Gasteiger partial charge on any atom is 0.409 e. The maximum atomic E-state index is 17.2. The number of nitrogens with one attached hydrogen (secondary N) is 3. The lowest BCUT2D eigenvalue weighted by atomic mass is 9.91. The van der Waals surface area contributed by atoms with Gasteiger partial charge in [-0.15, -0.1) is 6.42 Å². The molecule has 5 fully saturated rings. The summed E-state index contributed by atoms with van der Waals surface area (Å²) in [6, 6.07) is 12.2. The number of carbonyl (C=O) groups is 6. The molecule has 0 saturated carbocycles. The zero-order valence-electron chi connectivity index (χ0n) is 43.7. The number of imide groups is 2. The number of aromatic nitrogens is 3. The van der Waals surface area contributed by atoms with Crippen molar-refractivity contribution in [3.05, 3.63) is 83.1 Å². The van der Waals surface area contributed by atoms with E-state index in [-0.39, 0.29) is 102 Å². The van der Waals surface area contributed by atoms with Crippen LogP contribution < -0.4 is 25.6 Å². The second kappa shape index (κ2) is 21.7. The van der Waals surface area contributed by atoms with Crippen molar-refractivity contribution in [1.29, 1.82) is 0 Å². The number of ether oxygens (including phenoxy) is 2. The number of anilines is 2. The summed E-state index contributed by atoms with van der Waals surface area (Å²) >= 11 is 0. The van der Waals surface area contributed by atoms with Crippen LogP contribution >= 0.6 is 0 Å². The Morgan fingerprint density at radius 1 is 0.923 bits per heavy atom. The zero-order valence-corrected chi connectivity index (χ0v) is 43.7.